The van der Waals surface area contributed by atoms with Crippen molar-refractivity contribution < 1.29 is 13.2 Å². The van der Waals surface area contributed by atoms with Gasteiger partial charge in [-0.1, -0.05) is 44.2 Å². The van der Waals surface area contributed by atoms with Gasteiger partial charge in [0.15, 0.2) is 0 Å². The summed E-state index contributed by atoms with van der Waals surface area (Å²) in [6.07, 6.45) is 0. The fourth-order valence-corrected chi connectivity index (χ4v) is 5.05. The minimum absolute atomic E-state index is 0.381. The summed E-state index contributed by atoms with van der Waals surface area (Å²) < 4.78 is 35.2. The van der Waals surface area contributed by atoms with Gasteiger partial charge in [0, 0.05) is 18.0 Å². The third kappa shape index (κ3) is 4.48. The second-order valence-corrected chi connectivity index (χ2v) is 9.09. The Balaban J connectivity index is 1.88. The zero-order chi connectivity index (χ0) is 17.9. The molecule has 2 aromatic rings. The first kappa shape index (κ1) is 18.5. The Hall–Kier alpha value is -1.25. The Morgan fingerprint density at radius 2 is 1.72 bits per heavy atom. The molecule has 1 aromatic heterocycles. The molecule has 1 N–H and O–H groups in total. The zero-order valence-electron chi connectivity index (χ0n) is 14.5. The summed E-state index contributed by atoms with van der Waals surface area (Å²) in [7, 11) is -3.57. The number of ether oxygens (including phenoxy) is 1. The van der Waals surface area contributed by atoms with Gasteiger partial charge in [-0.05, 0) is 28.5 Å². The Labute approximate surface area is 153 Å². The number of nitrogens with zero attached hydrogens (tertiary/aromatic N) is 1. The Bertz CT molecular complexity index is 765. The van der Waals surface area contributed by atoms with Crippen LogP contribution in [0, 0.1) is 0 Å². The molecule has 1 aliphatic heterocycles. The van der Waals surface area contributed by atoms with E-state index in [2.05, 4.69) is 30.7 Å². The van der Waals surface area contributed by atoms with Crippen LogP contribution in [-0.4, -0.2) is 39.0 Å². The van der Waals surface area contributed by atoms with E-state index in [1.54, 1.807) is 11.3 Å². The SMILES string of the molecule is CC(C)c1ccc([C@@H](NS(=O)(=O)N2CCOCC2)c2cccs2)cc1. The van der Waals surface area contributed by atoms with Crippen molar-refractivity contribution in [2.45, 2.75) is 25.8 Å². The van der Waals surface area contributed by atoms with Crippen molar-refractivity contribution >= 4 is 21.5 Å². The van der Waals surface area contributed by atoms with E-state index in [1.165, 1.54) is 9.87 Å². The van der Waals surface area contributed by atoms with Crippen LogP contribution in [0.1, 0.15) is 41.8 Å². The molecule has 0 saturated carbocycles. The molecule has 0 amide bonds. The molecule has 0 unspecified atom stereocenters. The fraction of sp³-hybridized carbons (Fsp3) is 0.444. The van der Waals surface area contributed by atoms with Crippen LogP contribution in [0.2, 0.25) is 0 Å². The number of hydrogen-bond acceptors (Lipinski definition) is 4. The second kappa shape index (κ2) is 7.97. The molecule has 1 aromatic carbocycles. The molecule has 0 spiro atoms. The molecule has 0 radical (unpaired) electrons. The maximum atomic E-state index is 12.8. The highest BCUT2D eigenvalue weighted by molar-refractivity contribution is 7.87. The maximum absolute atomic E-state index is 12.8. The molecule has 1 atom stereocenters. The van der Waals surface area contributed by atoms with Gasteiger partial charge in [0.25, 0.3) is 10.2 Å². The molecule has 2 heterocycles. The van der Waals surface area contributed by atoms with Crippen molar-refractivity contribution in [2.75, 3.05) is 26.3 Å². The van der Waals surface area contributed by atoms with Crippen LogP contribution in [0.5, 0.6) is 0 Å². The van der Waals surface area contributed by atoms with Crippen molar-refractivity contribution in [1.82, 2.24) is 9.03 Å². The molecule has 0 aliphatic carbocycles. The van der Waals surface area contributed by atoms with E-state index >= 15 is 0 Å². The van der Waals surface area contributed by atoms with Crippen molar-refractivity contribution in [1.29, 1.82) is 0 Å². The minimum atomic E-state index is -3.57. The largest absolute Gasteiger partial charge is 0.379 e. The molecule has 25 heavy (non-hydrogen) atoms. The molecule has 3 rings (SSSR count). The van der Waals surface area contributed by atoms with Crippen LogP contribution in [0.4, 0.5) is 0 Å². The smallest absolute Gasteiger partial charge is 0.280 e. The van der Waals surface area contributed by atoms with E-state index < -0.39 is 10.2 Å². The van der Waals surface area contributed by atoms with Gasteiger partial charge in [-0.2, -0.15) is 17.4 Å². The predicted molar refractivity (Wildman–Crippen MR) is 101 cm³/mol. The number of thiophene rings is 1. The van der Waals surface area contributed by atoms with Gasteiger partial charge >= 0.3 is 0 Å². The van der Waals surface area contributed by atoms with E-state index in [9.17, 15) is 8.42 Å². The van der Waals surface area contributed by atoms with Gasteiger partial charge in [-0.25, -0.2) is 0 Å². The molecule has 136 valence electrons. The molecule has 5 nitrogen and oxygen atoms in total. The van der Waals surface area contributed by atoms with E-state index in [-0.39, 0.29) is 6.04 Å². The van der Waals surface area contributed by atoms with Crippen LogP contribution in [0.15, 0.2) is 41.8 Å². The molecule has 1 saturated heterocycles. The van der Waals surface area contributed by atoms with Gasteiger partial charge in [-0.3, -0.25) is 0 Å². The number of hydrogen-bond donors (Lipinski definition) is 1. The van der Waals surface area contributed by atoms with Crippen LogP contribution < -0.4 is 4.72 Å². The Morgan fingerprint density at radius 3 is 2.28 bits per heavy atom. The van der Waals surface area contributed by atoms with Crippen LogP contribution in [-0.2, 0) is 14.9 Å². The topological polar surface area (TPSA) is 58.6 Å². The first-order valence-electron chi connectivity index (χ1n) is 8.46. The predicted octanol–water partition coefficient (Wildman–Crippen LogP) is 3.13. The summed E-state index contributed by atoms with van der Waals surface area (Å²) in [5.74, 6) is 0.444. The summed E-state index contributed by atoms with van der Waals surface area (Å²) >= 11 is 1.55. The molecule has 7 heteroatoms. The van der Waals surface area contributed by atoms with Gasteiger partial charge in [0.2, 0.25) is 0 Å². The van der Waals surface area contributed by atoms with Crippen molar-refractivity contribution in [3.8, 4) is 0 Å². The molecular formula is C18H24N2O3S2. The van der Waals surface area contributed by atoms with Gasteiger partial charge in [0.05, 0.1) is 19.3 Å². The van der Waals surface area contributed by atoms with Crippen LogP contribution in [0.25, 0.3) is 0 Å². The molecule has 1 fully saturated rings. The zero-order valence-corrected chi connectivity index (χ0v) is 16.1. The van der Waals surface area contributed by atoms with Crippen molar-refractivity contribution in [3.05, 3.63) is 57.8 Å². The minimum Gasteiger partial charge on any atom is -0.379 e. The summed E-state index contributed by atoms with van der Waals surface area (Å²) in [4.78, 5) is 0.981. The van der Waals surface area contributed by atoms with Gasteiger partial charge < -0.3 is 4.74 Å². The summed E-state index contributed by atoms with van der Waals surface area (Å²) in [5.41, 5.74) is 2.19. The average molecular weight is 381 g/mol. The number of morpholine rings is 1. The molecule has 0 bridgehead atoms. The van der Waals surface area contributed by atoms with E-state index in [0.29, 0.717) is 32.2 Å². The van der Waals surface area contributed by atoms with E-state index in [0.717, 1.165) is 10.4 Å². The number of nitrogens with one attached hydrogen (secondary N) is 1. The van der Waals surface area contributed by atoms with Crippen molar-refractivity contribution in [3.63, 3.8) is 0 Å². The van der Waals surface area contributed by atoms with E-state index in [1.807, 2.05) is 29.6 Å². The lowest BCUT2D eigenvalue weighted by molar-refractivity contribution is 0.0724. The summed E-state index contributed by atoms with van der Waals surface area (Å²) in [6.45, 7) is 5.94. The standard InChI is InChI=1S/C18H24N2O3S2/c1-14(2)15-5-7-16(8-6-15)18(17-4-3-13-24-17)19-25(21,22)20-9-11-23-12-10-20/h3-8,13-14,18-19H,9-12H2,1-2H3/t18-/m1/s1. The van der Waals surface area contributed by atoms with Gasteiger partial charge in [-0.15, -0.1) is 11.3 Å². The third-order valence-corrected chi connectivity index (χ3v) is 6.86. The maximum Gasteiger partial charge on any atom is 0.280 e. The quantitative estimate of drug-likeness (QED) is 0.838. The molecular weight excluding hydrogens is 356 g/mol. The first-order valence-corrected chi connectivity index (χ1v) is 10.8. The van der Waals surface area contributed by atoms with Crippen molar-refractivity contribution in [2.24, 2.45) is 0 Å². The first-order chi connectivity index (χ1) is 12.0. The highest BCUT2D eigenvalue weighted by Crippen LogP contribution is 2.28. The lowest BCUT2D eigenvalue weighted by atomic mass is 9.99. The average Bonchev–Trinajstić information content (AvgIpc) is 3.15. The summed E-state index contributed by atoms with van der Waals surface area (Å²) in [6, 6.07) is 11.7. The molecule has 1 aliphatic rings. The lowest BCUT2D eigenvalue weighted by Gasteiger charge is -2.28. The summed E-state index contributed by atoms with van der Waals surface area (Å²) in [5, 5.41) is 1.97. The van der Waals surface area contributed by atoms with Crippen LogP contribution in [0.3, 0.4) is 0 Å². The fourth-order valence-electron chi connectivity index (χ4n) is 2.83. The Kier molecular flexibility index (Phi) is 5.91. The number of benzene rings is 1. The highest BCUT2D eigenvalue weighted by Gasteiger charge is 2.29. The number of rotatable bonds is 6. The normalized spacial score (nSPS) is 17.7. The second-order valence-electron chi connectivity index (χ2n) is 6.40. The lowest BCUT2D eigenvalue weighted by Crippen LogP contribution is -2.47. The monoisotopic (exact) mass is 380 g/mol. The third-order valence-electron chi connectivity index (χ3n) is 4.34. The van der Waals surface area contributed by atoms with Gasteiger partial charge in [0.1, 0.15) is 0 Å². The van der Waals surface area contributed by atoms with E-state index in [4.69, 9.17) is 4.74 Å². The highest BCUT2D eigenvalue weighted by atomic mass is 32.2. The van der Waals surface area contributed by atoms with Crippen LogP contribution >= 0.6 is 11.3 Å². The Morgan fingerprint density at radius 1 is 1.08 bits per heavy atom.